The topological polar surface area (TPSA) is 177 Å². The van der Waals surface area contributed by atoms with Gasteiger partial charge >= 0.3 is 12.1 Å². The lowest BCUT2D eigenvalue weighted by Crippen LogP contribution is -2.44. The molecule has 5 N–H and O–H groups in total. The third kappa shape index (κ3) is 6.85. The number of carbonyl (C=O) groups is 1. The number of benzene rings is 1. The first kappa shape index (κ1) is 29.4. The highest BCUT2D eigenvalue weighted by Gasteiger charge is 2.38. The molecule has 3 heterocycles. The minimum Gasteiger partial charge on any atom is -0.475 e. The Morgan fingerprint density at radius 2 is 1.85 bits per heavy atom. The number of nitrogens with two attached hydrogens (primary N) is 1. The van der Waals surface area contributed by atoms with Crippen LogP contribution in [0.15, 0.2) is 34.0 Å². The van der Waals surface area contributed by atoms with Gasteiger partial charge in [0.25, 0.3) is 5.56 Å². The van der Waals surface area contributed by atoms with E-state index in [0.29, 0.717) is 18.0 Å². The zero-order chi connectivity index (χ0) is 29.0. The second kappa shape index (κ2) is 11.7. The van der Waals surface area contributed by atoms with E-state index in [1.54, 1.807) is 36.7 Å². The van der Waals surface area contributed by atoms with Gasteiger partial charge in [0.1, 0.15) is 4.90 Å². The molecule has 1 aromatic carbocycles. The Hall–Kier alpha value is -4.14. The number of anilines is 3. The first-order valence-electron chi connectivity index (χ1n) is 11.3. The van der Waals surface area contributed by atoms with Crippen LogP contribution in [0.25, 0.3) is 11.2 Å². The minimum atomic E-state index is -5.08. The quantitative estimate of drug-likeness (QED) is 0.317. The summed E-state index contributed by atoms with van der Waals surface area (Å²) < 4.78 is 58.7. The fourth-order valence-corrected chi connectivity index (χ4v) is 4.31. The highest BCUT2D eigenvalue weighted by Crippen LogP contribution is 2.25. The Bertz CT molecular complexity index is 1600. The van der Waals surface area contributed by atoms with Gasteiger partial charge in [-0.1, -0.05) is 18.1 Å². The Morgan fingerprint density at radius 3 is 2.41 bits per heavy atom. The van der Waals surface area contributed by atoms with Crippen molar-refractivity contribution < 1.29 is 31.5 Å². The van der Waals surface area contributed by atoms with Crippen molar-refractivity contribution in [2.45, 2.75) is 24.5 Å². The Morgan fingerprint density at radius 1 is 1.23 bits per heavy atom. The summed E-state index contributed by atoms with van der Waals surface area (Å²) in [6.45, 7) is 5.16. The van der Waals surface area contributed by atoms with Crippen LogP contribution in [0.4, 0.5) is 30.8 Å². The molecule has 0 atom stereocenters. The van der Waals surface area contributed by atoms with Gasteiger partial charge in [0.2, 0.25) is 21.9 Å². The number of hydrogen-bond donors (Lipinski definition) is 4. The summed E-state index contributed by atoms with van der Waals surface area (Å²) in [5.41, 5.74) is 0.497. The van der Waals surface area contributed by atoms with Crippen molar-refractivity contribution in [3.63, 3.8) is 0 Å². The molecule has 13 nitrogen and oxygen atoms in total. The summed E-state index contributed by atoms with van der Waals surface area (Å²) in [6, 6.07) is 6.16. The summed E-state index contributed by atoms with van der Waals surface area (Å²) in [4.78, 5) is 33.4. The SMILES string of the molecule is CC#CCn1c(N2CCNCC2)nc2nc(Nc3ccccc3S(N)(=O)=O)n(C)c(=O)c21.O=C(O)C(F)(F)F. The number of para-hydroxylation sites is 1. The Balaban J connectivity index is 0.000000532. The number of primary sulfonamides is 1. The van der Waals surface area contributed by atoms with Crippen LogP contribution >= 0.6 is 0 Å². The maximum absolute atomic E-state index is 13.3. The fourth-order valence-electron chi connectivity index (χ4n) is 3.61. The van der Waals surface area contributed by atoms with Gasteiger partial charge in [-0.15, -0.1) is 5.92 Å². The van der Waals surface area contributed by atoms with Crippen LogP contribution in [0.2, 0.25) is 0 Å². The molecule has 1 aliphatic rings. The normalized spacial score (nSPS) is 13.7. The highest BCUT2D eigenvalue weighted by molar-refractivity contribution is 7.89. The van der Waals surface area contributed by atoms with Crippen LogP contribution in [0, 0.1) is 11.8 Å². The van der Waals surface area contributed by atoms with E-state index in [2.05, 4.69) is 37.3 Å². The van der Waals surface area contributed by atoms with Crippen molar-refractivity contribution in [3.05, 3.63) is 34.6 Å². The van der Waals surface area contributed by atoms with Crippen molar-refractivity contribution in [2.75, 3.05) is 36.4 Å². The lowest BCUT2D eigenvalue weighted by Gasteiger charge is -2.28. The predicted octanol–water partition coefficient (Wildman–Crippen LogP) is 0.587. The van der Waals surface area contributed by atoms with Crippen molar-refractivity contribution >= 4 is 44.7 Å². The minimum absolute atomic E-state index is 0.0976. The molecule has 0 radical (unpaired) electrons. The molecule has 0 aliphatic carbocycles. The van der Waals surface area contributed by atoms with Gasteiger partial charge in [-0.3, -0.25) is 13.9 Å². The average Bonchev–Trinajstić information content (AvgIpc) is 3.24. The molecular weight excluding hydrogens is 545 g/mol. The lowest BCUT2D eigenvalue weighted by atomic mass is 10.3. The molecule has 17 heteroatoms. The Kier molecular flexibility index (Phi) is 8.84. The molecular formula is C22H25F3N8O5S. The number of nitrogens with one attached hydrogen (secondary N) is 2. The van der Waals surface area contributed by atoms with Crippen LogP contribution in [0.3, 0.4) is 0 Å². The van der Waals surface area contributed by atoms with Crippen molar-refractivity contribution in [1.29, 1.82) is 0 Å². The number of aromatic nitrogens is 4. The number of aliphatic carboxylic acids is 1. The summed E-state index contributed by atoms with van der Waals surface area (Å²) in [5.74, 6) is 3.89. The number of carboxylic acids is 1. The largest absolute Gasteiger partial charge is 0.490 e. The van der Waals surface area contributed by atoms with Crippen LogP contribution in [-0.4, -0.2) is 71.0 Å². The molecule has 0 bridgehead atoms. The molecule has 210 valence electrons. The molecule has 0 amide bonds. The van der Waals surface area contributed by atoms with E-state index in [9.17, 15) is 26.4 Å². The maximum Gasteiger partial charge on any atom is 0.490 e. The van der Waals surface area contributed by atoms with Crippen LogP contribution in [0.5, 0.6) is 0 Å². The second-order valence-electron chi connectivity index (χ2n) is 8.10. The third-order valence-electron chi connectivity index (χ3n) is 5.46. The van der Waals surface area contributed by atoms with Crippen LogP contribution in [-0.2, 0) is 28.4 Å². The van der Waals surface area contributed by atoms with Gasteiger partial charge in [-0.05, 0) is 19.1 Å². The average molecular weight is 571 g/mol. The number of alkyl halides is 3. The number of rotatable bonds is 5. The number of halogens is 3. The maximum atomic E-state index is 13.3. The summed E-state index contributed by atoms with van der Waals surface area (Å²) >= 11 is 0. The second-order valence-corrected chi connectivity index (χ2v) is 9.63. The third-order valence-corrected chi connectivity index (χ3v) is 6.43. The van der Waals surface area contributed by atoms with E-state index >= 15 is 0 Å². The van der Waals surface area contributed by atoms with E-state index in [1.807, 2.05) is 0 Å². The zero-order valence-electron chi connectivity index (χ0n) is 20.8. The smallest absolute Gasteiger partial charge is 0.475 e. The van der Waals surface area contributed by atoms with Crippen LogP contribution < -0.4 is 26.2 Å². The van der Waals surface area contributed by atoms with Gasteiger partial charge in [0.15, 0.2) is 11.2 Å². The molecule has 2 aromatic heterocycles. The standard InChI is InChI=1S/C20H24N8O3S.C2HF3O2/c1-3-4-11-28-16-17(25-20(28)27-12-9-22-10-13-27)24-19(26(2)18(16)29)23-14-7-5-6-8-15(14)32(21,30)31;3-2(4,5)1(6)7/h5-8,22H,9-13H2,1-2H3,(H,23,24)(H2,21,30,31);(H,6,7). The van der Waals surface area contributed by atoms with Gasteiger partial charge < -0.3 is 20.6 Å². The summed E-state index contributed by atoms with van der Waals surface area (Å²) in [5, 5.41) is 18.7. The molecule has 0 spiro atoms. The first-order valence-corrected chi connectivity index (χ1v) is 12.8. The molecule has 1 aliphatic heterocycles. The van der Waals surface area contributed by atoms with Gasteiger partial charge in [-0.25, -0.2) is 18.4 Å². The van der Waals surface area contributed by atoms with Gasteiger partial charge in [0, 0.05) is 33.2 Å². The highest BCUT2D eigenvalue weighted by atomic mass is 32.2. The van der Waals surface area contributed by atoms with E-state index in [1.165, 1.54) is 10.6 Å². The van der Waals surface area contributed by atoms with E-state index < -0.39 is 22.2 Å². The summed E-state index contributed by atoms with van der Waals surface area (Å²) in [6.07, 6.45) is -5.08. The van der Waals surface area contributed by atoms with Gasteiger partial charge in [0.05, 0.1) is 12.2 Å². The van der Waals surface area contributed by atoms with E-state index in [-0.39, 0.29) is 27.7 Å². The number of fused-ring (bicyclic) bond motifs is 1. The zero-order valence-corrected chi connectivity index (χ0v) is 21.6. The number of sulfonamides is 1. The predicted molar refractivity (Wildman–Crippen MR) is 136 cm³/mol. The van der Waals surface area contributed by atoms with Gasteiger partial charge in [-0.2, -0.15) is 23.1 Å². The number of imidazole rings is 1. The molecule has 4 rings (SSSR count). The molecule has 3 aromatic rings. The molecule has 1 fully saturated rings. The van der Waals surface area contributed by atoms with Crippen molar-refractivity contribution in [2.24, 2.45) is 12.2 Å². The Labute approximate surface area is 220 Å². The van der Waals surface area contributed by atoms with E-state index in [0.717, 1.165) is 26.2 Å². The number of carboxylic acid groups (broad SMARTS) is 1. The van der Waals surface area contributed by atoms with Crippen molar-refractivity contribution in [3.8, 4) is 11.8 Å². The lowest BCUT2D eigenvalue weighted by molar-refractivity contribution is -0.192. The number of nitrogens with zero attached hydrogens (tertiary/aromatic N) is 5. The summed E-state index contributed by atoms with van der Waals surface area (Å²) in [7, 11) is -2.41. The first-order chi connectivity index (χ1) is 18.3. The molecule has 0 saturated carbocycles. The molecule has 0 unspecified atom stereocenters. The number of piperazine rings is 1. The van der Waals surface area contributed by atoms with Crippen molar-refractivity contribution in [1.82, 2.24) is 24.4 Å². The monoisotopic (exact) mass is 570 g/mol. The van der Waals surface area contributed by atoms with Crippen LogP contribution in [0.1, 0.15) is 6.92 Å². The van der Waals surface area contributed by atoms with E-state index in [4.69, 9.17) is 15.0 Å². The number of hydrogen-bond acceptors (Lipinski definition) is 9. The fraction of sp³-hybridized carbons (Fsp3) is 0.364. The molecule has 39 heavy (non-hydrogen) atoms. The molecule has 1 saturated heterocycles.